The first-order valence-corrected chi connectivity index (χ1v) is 40.7. The van der Waals surface area contributed by atoms with E-state index >= 15 is 0 Å². The van der Waals surface area contributed by atoms with E-state index in [1.165, 1.54) is 13.8 Å². The number of aliphatic hydroxyl groups excluding tert-OH is 6. The minimum absolute atomic E-state index is 0.179. The molecule has 0 radical (unpaired) electrons. The topological polar surface area (TPSA) is 805 Å². The zero-order valence-corrected chi connectivity index (χ0v) is 70.8. The van der Waals surface area contributed by atoms with Crippen LogP contribution in [0.4, 0.5) is 0 Å². The number of amides is 13. The number of fused-ring (bicyclic) bond motifs is 4. The average molecular weight is 1830 g/mol. The molecule has 13 amide bonds. The van der Waals surface area contributed by atoms with Crippen LogP contribution in [0.3, 0.4) is 0 Å². The summed E-state index contributed by atoms with van der Waals surface area (Å²) in [7, 11) is 0. The van der Waals surface area contributed by atoms with Crippen molar-refractivity contribution in [2.75, 3.05) is 26.4 Å². The quantitative estimate of drug-likeness (QED) is 0.0269. The summed E-state index contributed by atoms with van der Waals surface area (Å²) >= 11 is 0. The minimum Gasteiger partial charge on any atom is -0.480 e. The van der Waals surface area contributed by atoms with Crippen molar-refractivity contribution in [3.8, 4) is 0 Å². The Balaban J connectivity index is 1.03. The molecule has 0 spiro atoms. The Morgan fingerprint density at radius 3 is 0.992 bits per heavy atom. The highest BCUT2D eigenvalue weighted by Gasteiger charge is 2.59. The molecule has 53 nitrogen and oxygen atoms in total. The minimum atomic E-state index is -1.88. The van der Waals surface area contributed by atoms with Crippen molar-refractivity contribution in [2.24, 2.45) is 5.73 Å². The van der Waals surface area contributed by atoms with E-state index in [1.807, 2.05) is 0 Å². The van der Waals surface area contributed by atoms with E-state index in [1.54, 1.807) is 0 Å². The molecule has 4 bridgehead atoms. The Morgan fingerprint density at radius 1 is 0.354 bits per heavy atom. The fourth-order valence-electron chi connectivity index (χ4n) is 14.3. The Morgan fingerprint density at radius 2 is 0.669 bits per heavy atom. The number of rotatable bonds is 49. The number of aliphatic carboxylic acids is 5. The van der Waals surface area contributed by atoms with Crippen molar-refractivity contribution in [3.05, 3.63) is 0 Å². The molecule has 0 aromatic rings. The van der Waals surface area contributed by atoms with E-state index in [0.29, 0.717) is 0 Å². The summed E-state index contributed by atoms with van der Waals surface area (Å²) < 4.78 is 59.6. The van der Waals surface area contributed by atoms with Crippen LogP contribution in [0.5, 0.6) is 0 Å². The monoisotopic (exact) mass is 1820 g/mol. The number of hydrogen-bond acceptors (Lipinski definition) is 35. The molecule has 32 atom stereocenters. The maximum atomic E-state index is 13.9. The molecule has 6 aliphatic rings. The van der Waals surface area contributed by atoms with E-state index < -0.39 is 354 Å². The molecular weight excluding hydrogens is 1710 g/mol. The van der Waals surface area contributed by atoms with Gasteiger partial charge in [0.05, 0.1) is 26.4 Å². The van der Waals surface area contributed by atoms with Gasteiger partial charge in [-0.1, -0.05) is 0 Å². The molecule has 6 heterocycles. The number of hydrogen-bond donors (Lipinski definition) is 25. The van der Waals surface area contributed by atoms with Gasteiger partial charge in [-0.05, 0) is 92.9 Å². The molecule has 0 aromatic heterocycles. The number of nitrogens with two attached hydrogens (primary N) is 1. The van der Waals surface area contributed by atoms with E-state index in [2.05, 4.69) is 69.1 Å². The lowest BCUT2D eigenvalue weighted by molar-refractivity contribution is -0.313. The number of aliphatic hydroxyl groups is 6. The summed E-state index contributed by atoms with van der Waals surface area (Å²) in [5, 5.41) is 143. The van der Waals surface area contributed by atoms with E-state index in [0.717, 1.165) is 55.4 Å². The summed E-state index contributed by atoms with van der Waals surface area (Å²) in [5.41, 5.74) is 5.67. The van der Waals surface area contributed by atoms with Crippen molar-refractivity contribution in [1.29, 1.82) is 0 Å². The lowest BCUT2D eigenvalue weighted by Gasteiger charge is -2.47. The van der Waals surface area contributed by atoms with Crippen LogP contribution in [-0.2, 0) is 134 Å². The maximum Gasteiger partial charge on any atom is 0.326 e. The number of carboxylic acid groups (broad SMARTS) is 5. The van der Waals surface area contributed by atoms with Gasteiger partial charge in [-0.15, -0.1) is 0 Å². The zero-order valence-electron chi connectivity index (χ0n) is 70.8. The molecule has 32 unspecified atom stereocenters. The van der Waals surface area contributed by atoms with Crippen molar-refractivity contribution in [2.45, 2.75) is 329 Å². The SMILES string of the molecule is CC(=O)NC1C(OC2C3COC(O3)C(NC(C)=O)C2OC(C)C(=O)NC(C)C(=O)NC(CCC(=O)NC(CCCC(NC(=O)C(C)NC(=O)C(CCCC(N)C(=O)O)NC(=O)CCC(NC(=O)C(C)NC(=O)C(C)OC2C(NC(C)=O)C3OCC(O3)C2OC2OC(CO)C(O)C(O)C2NC(C)=O)C(=O)O)C(=O)O)C(=O)NC(C)C(=O)O)C(=O)O)OC(CO)C(O)C1O. The van der Waals surface area contributed by atoms with Crippen LogP contribution < -0.4 is 74.9 Å². The normalized spacial score (nSPS) is 29.3. The van der Waals surface area contributed by atoms with Crippen molar-refractivity contribution in [3.63, 3.8) is 0 Å². The van der Waals surface area contributed by atoms with Crippen molar-refractivity contribution < 1.29 is 190 Å². The molecule has 0 aromatic carbocycles. The van der Waals surface area contributed by atoms with Crippen LogP contribution >= 0.6 is 0 Å². The first-order chi connectivity index (χ1) is 59.5. The molecule has 53 heteroatoms. The fourth-order valence-corrected chi connectivity index (χ4v) is 14.3. The highest BCUT2D eigenvalue weighted by molar-refractivity contribution is 5.95. The number of carboxylic acids is 5. The van der Waals surface area contributed by atoms with Crippen LogP contribution in [0, 0.1) is 0 Å². The van der Waals surface area contributed by atoms with Gasteiger partial charge in [-0.2, -0.15) is 0 Å². The Hall–Kier alpha value is -10.2. The smallest absolute Gasteiger partial charge is 0.326 e. The van der Waals surface area contributed by atoms with Gasteiger partial charge >= 0.3 is 29.8 Å². The van der Waals surface area contributed by atoms with Gasteiger partial charge < -0.3 is 178 Å². The highest BCUT2D eigenvalue weighted by atomic mass is 16.8. The lowest BCUT2D eigenvalue weighted by atomic mass is 9.95. The summed E-state index contributed by atoms with van der Waals surface area (Å²) in [5.74, 6) is -20.5. The summed E-state index contributed by atoms with van der Waals surface area (Å²) in [6.07, 6.45) is -31.3. The lowest BCUT2D eigenvalue weighted by Crippen LogP contribution is -2.68. The number of carbonyl (C=O) groups excluding carboxylic acids is 13. The third kappa shape index (κ3) is 30.5. The van der Waals surface area contributed by atoms with Crippen LogP contribution in [0.25, 0.3) is 0 Å². The Kier molecular flexibility index (Phi) is 40.6. The van der Waals surface area contributed by atoms with Gasteiger partial charge in [0.1, 0.15) is 170 Å². The van der Waals surface area contributed by atoms with Gasteiger partial charge in [-0.25, -0.2) is 14.4 Å². The Bertz CT molecular complexity index is 3910. The standard InChI is InChI=1S/C74H116N14O39/c1-25(76-62(104)29(5)120-57-49(82-33(9)93)71-118-23-43(124-71)55(57)126-73-47(80-31(7)91)53(99)51(97)41(21-89)122-73)59(101)87-39(69(114)115)17-19-45(95)84-36(14-11-13-35(75)67(110)111)64(106)78-27(3)61(103)86-38(68(112)113)16-12-15-37(65(107)79-28(4)66(108)109)85-46(96)20-18-40(70(116)117)88-60(102)26(2)77-63(105)30(6)121-58-50(83-34(10)94)72-119-24-44(125-72)56(58)127-74-48(81-32(8)92)54(100)52(98)42(22-90)123-74/h25-30,35-44,47-58,71-74,89-90,97-100H,11-24,75H2,1-10H3,(H,76,104)(H,77,105)(H,78,106)(H,79,107)(H,80,91)(H,81,92)(H,82,93)(H,83,94)(H,84,95)(H,85,96)(H,86,103)(H,87,101)(H,88,102)(H,108,109)(H,110,111)(H,112,113)(H,114,115)(H,116,117). The number of ether oxygens (including phenoxy) is 10. The van der Waals surface area contributed by atoms with Crippen LogP contribution in [0.15, 0.2) is 0 Å². The first kappa shape index (κ1) is 106. The molecule has 26 N–H and O–H groups in total. The van der Waals surface area contributed by atoms with Crippen molar-refractivity contribution in [1.82, 2.24) is 69.1 Å². The molecule has 716 valence electrons. The molecule has 6 rings (SSSR count). The van der Waals surface area contributed by atoms with Gasteiger partial charge in [-0.3, -0.25) is 71.9 Å². The van der Waals surface area contributed by atoms with Crippen LogP contribution in [0.2, 0.25) is 0 Å². The number of carbonyl (C=O) groups is 18. The van der Waals surface area contributed by atoms with E-state index in [4.69, 9.17) is 53.1 Å². The predicted molar refractivity (Wildman–Crippen MR) is 416 cm³/mol. The number of nitrogens with one attached hydrogen (secondary N) is 13. The van der Waals surface area contributed by atoms with Gasteiger partial charge in [0.2, 0.25) is 76.8 Å². The second-order valence-corrected chi connectivity index (χ2v) is 31.3. The molecule has 6 saturated heterocycles. The maximum absolute atomic E-state index is 13.9. The molecule has 6 aliphatic heterocycles. The molecule has 6 fully saturated rings. The zero-order chi connectivity index (χ0) is 95.0. The molecule has 0 aliphatic carbocycles. The second-order valence-electron chi connectivity index (χ2n) is 31.3. The Labute approximate surface area is 724 Å². The van der Waals surface area contributed by atoms with Crippen LogP contribution in [0.1, 0.15) is 133 Å². The van der Waals surface area contributed by atoms with Gasteiger partial charge in [0.15, 0.2) is 25.2 Å². The molecular formula is C74H116N14O39. The van der Waals surface area contributed by atoms with Crippen molar-refractivity contribution >= 4 is 107 Å². The fraction of sp³-hybridized carbons (Fsp3) is 0.757. The largest absolute Gasteiger partial charge is 0.480 e. The van der Waals surface area contributed by atoms with Crippen LogP contribution in [-0.4, -0.2) is 384 Å². The third-order valence-corrected chi connectivity index (χ3v) is 21.2. The first-order valence-electron chi connectivity index (χ1n) is 40.7. The summed E-state index contributed by atoms with van der Waals surface area (Å²) in [6, 6.07) is -22.2. The molecule has 127 heavy (non-hydrogen) atoms. The van der Waals surface area contributed by atoms with Gasteiger partial charge in [0, 0.05) is 40.5 Å². The average Bonchev–Trinajstić information content (AvgIpc) is 1.67. The van der Waals surface area contributed by atoms with Gasteiger partial charge in [0.25, 0.3) is 0 Å². The van der Waals surface area contributed by atoms with E-state index in [9.17, 15) is 142 Å². The second kappa shape index (κ2) is 48.8. The highest BCUT2D eigenvalue weighted by Crippen LogP contribution is 2.38. The summed E-state index contributed by atoms with van der Waals surface area (Å²) in [6.45, 7) is 9.36. The predicted octanol–water partition coefficient (Wildman–Crippen LogP) is -12.2. The molecule has 0 saturated carbocycles. The van der Waals surface area contributed by atoms with E-state index in [-0.39, 0.29) is 38.9 Å². The summed E-state index contributed by atoms with van der Waals surface area (Å²) in [4.78, 5) is 234. The third-order valence-electron chi connectivity index (χ3n) is 21.2.